The summed E-state index contributed by atoms with van der Waals surface area (Å²) in [4.78, 5) is 14.2. The van der Waals surface area contributed by atoms with Crippen LogP contribution in [0.2, 0.25) is 0 Å². The van der Waals surface area contributed by atoms with E-state index < -0.39 is 0 Å². The Morgan fingerprint density at radius 3 is 2.55 bits per heavy atom. The number of carbonyl (C=O) groups is 1. The molecule has 0 aliphatic carbocycles. The zero-order chi connectivity index (χ0) is 14.4. The van der Waals surface area contributed by atoms with Gasteiger partial charge in [-0.3, -0.25) is 4.79 Å². The first-order valence-corrected chi connectivity index (χ1v) is 7.81. The minimum Gasteiger partial charge on any atom is -0.341 e. The fourth-order valence-corrected chi connectivity index (χ4v) is 2.94. The van der Waals surface area contributed by atoms with Gasteiger partial charge in [0.15, 0.2) is 0 Å². The molecule has 20 heavy (non-hydrogen) atoms. The van der Waals surface area contributed by atoms with E-state index in [1.165, 1.54) is 5.56 Å². The van der Waals surface area contributed by atoms with Crippen molar-refractivity contribution in [3.63, 3.8) is 0 Å². The Balaban J connectivity index is 1.83. The van der Waals surface area contributed by atoms with E-state index in [4.69, 9.17) is 5.73 Å². The Hall–Kier alpha value is -1.35. The maximum absolute atomic E-state index is 12.2. The summed E-state index contributed by atoms with van der Waals surface area (Å²) in [7, 11) is 0. The lowest BCUT2D eigenvalue weighted by Gasteiger charge is -2.33. The molecule has 1 saturated heterocycles. The second kappa shape index (κ2) is 7.44. The molecular formula is C17H26N2O. The molecule has 3 heteroatoms. The second-order valence-electron chi connectivity index (χ2n) is 5.76. The van der Waals surface area contributed by atoms with Crippen LogP contribution < -0.4 is 5.73 Å². The van der Waals surface area contributed by atoms with Gasteiger partial charge in [0, 0.05) is 13.1 Å². The number of unbranched alkanes of at least 4 members (excludes halogenated alkanes) is 1. The molecule has 1 aromatic carbocycles. The highest BCUT2D eigenvalue weighted by atomic mass is 16.2. The van der Waals surface area contributed by atoms with Crippen LogP contribution in [-0.4, -0.2) is 29.9 Å². The monoisotopic (exact) mass is 274 g/mol. The quantitative estimate of drug-likeness (QED) is 0.897. The molecule has 1 aliphatic rings. The van der Waals surface area contributed by atoms with Gasteiger partial charge in [0.05, 0.1) is 6.04 Å². The van der Waals surface area contributed by atoms with Gasteiger partial charge in [-0.2, -0.15) is 0 Å². The van der Waals surface area contributed by atoms with Crippen LogP contribution in [0, 0.1) is 0 Å². The van der Waals surface area contributed by atoms with Gasteiger partial charge in [-0.15, -0.1) is 0 Å². The Morgan fingerprint density at radius 2 is 1.95 bits per heavy atom. The van der Waals surface area contributed by atoms with Crippen LogP contribution in [-0.2, 0) is 4.79 Å². The van der Waals surface area contributed by atoms with Crippen molar-refractivity contribution in [2.24, 2.45) is 5.73 Å². The summed E-state index contributed by atoms with van der Waals surface area (Å²) in [5, 5.41) is 0. The molecule has 0 saturated carbocycles. The van der Waals surface area contributed by atoms with Crippen molar-refractivity contribution in [1.29, 1.82) is 0 Å². The van der Waals surface area contributed by atoms with Crippen molar-refractivity contribution >= 4 is 5.91 Å². The van der Waals surface area contributed by atoms with Crippen LogP contribution in [0.1, 0.15) is 50.5 Å². The Morgan fingerprint density at radius 1 is 1.30 bits per heavy atom. The summed E-state index contributed by atoms with van der Waals surface area (Å²) in [6, 6.07) is 10.3. The lowest BCUT2D eigenvalue weighted by atomic mass is 9.89. The topological polar surface area (TPSA) is 46.3 Å². The molecule has 2 N–H and O–H groups in total. The van der Waals surface area contributed by atoms with Gasteiger partial charge < -0.3 is 10.6 Å². The van der Waals surface area contributed by atoms with Crippen molar-refractivity contribution in [2.45, 2.75) is 51.0 Å². The Kier molecular flexibility index (Phi) is 5.60. The predicted molar refractivity (Wildman–Crippen MR) is 82.5 cm³/mol. The van der Waals surface area contributed by atoms with Gasteiger partial charge in [-0.1, -0.05) is 50.1 Å². The molecule has 1 atom stereocenters. The molecule has 1 aliphatic heterocycles. The maximum Gasteiger partial charge on any atom is 0.239 e. The van der Waals surface area contributed by atoms with E-state index in [1.807, 2.05) is 4.90 Å². The molecule has 1 aromatic rings. The highest BCUT2D eigenvalue weighted by Crippen LogP contribution is 2.28. The number of piperidine rings is 1. The lowest BCUT2D eigenvalue weighted by molar-refractivity contribution is -0.133. The van der Waals surface area contributed by atoms with E-state index in [9.17, 15) is 4.79 Å². The van der Waals surface area contributed by atoms with Crippen LogP contribution in [0.5, 0.6) is 0 Å². The number of hydrogen-bond donors (Lipinski definition) is 1. The number of rotatable bonds is 5. The minimum atomic E-state index is -0.303. The van der Waals surface area contributed by atoms with Crippen LogP contribution in [0.4, 0.5) is 0 Å². The first-order chi connectivity index (χ1) is 9.72. The van der Waals surface area contributed by atoms with Crippen molar-refractivity contribution in [3.8, 4) is 0 Å². The molecule has 1 amide bonds. The van der Waals surface area contributed by atoms with Gasteiger partial charge in [0.25, 0.3) is 0 Å². The minimum absolute atomic E-state index is 0.143. The van der Waals surface area contributed by atoms with Gasteiger partial charge in [-0.05, 0) is 30.7 Å². The molecule has 0 aromatic heterocycles. The average Bonchev–Trinajstić information content (AvgIpc) is 2.53. The third-order valence-electron chi connectivity index (χ3n) is 4.26. The number of nitrogens with zero attached hydrogens (tertiary/aromatic N) is 1. The molecule has 1 fully saturated rings. The van der Waals surface area contributed by atoms with E-state index in [0.29, 0.717) is 5.92 Å². The predicted octanol–water partition coefficient (Wildman–Crippen LogP) is 2.91. The van der Waals surface area contributed by atoms with Crippen molar-refractivity contribution < 1.29 is 4.79 Å². The van der Waals surface area contributed by atoms with E-state index >= 15 is 0 Å². The molecule has 0 bridgehead atoms. The molecule has 110 valence electrons. The number of likely N-dealkylation sites (tertiary alicyclic amines) is 1. The number of carbonyl (C=O) groups excluding carboxylic acids is 1. The van der Waals surface area contributed by atoms with E-state index in [1.54, 1.807) is 0 Å². The van der Waals surface area contributed by atoms with Crippen molar-refractivity contribution in [2.75, 3.05) is 13.1 Å². The molecule has 2 rings (SSSR count). The van der Waals surface area contributed by atoms with Gasteiger partial charge in [0.1, 0.15) is 0 Å². The first-order valence-electron chi connectivity index (χ1n) is 7.81. The Labute approximate surface area is 122 Å². The van der Waals surface area contributed by atoms with Crippen LogP contribution in [0.25, 0.3) is 0 Å². The van der Waals surface area contributed by atoms with Crippen LogP contribution >= 0.6 is 0 Å². The third kappa shape index (κ3) is 3.83. The summed E-state index contributed by atoms with van der Waals surface area (Å²) in [5.41, 5.74) is 7.39. The van der Waals surface area contributed by atoms with Crippen molar-refractivity contribution in [3.05, 3.63) is 35.9 Å². The Bertz CT molecular complexity index is 410. The van der Waals surface area contributed by atoms with Gasteiger partial charge in [-0.25, -0.2) is 0 Å². The summed E-state index contributed by atoms with van der Waals surface area (Å²) in [6.07, 6.45) is 5.05. The van der Waals surface area contributed by atoms with Crippen LogP contribution in [0.3, 0.4) is 0 Å². The zero-order valence-electron chi connectivity index (χ0n) is 12.4. The molecule has 0 radical (unpaired) electrons. The number of benzene rings is 1. The highest BCUT2D eigenvalue weighted by molar-refractivity contribution is 5.81. The number of hydrogen-bond acceptors (Lipinski definition) is 2. The first kappa shape index (κ1) is 15.0. The van der Waals surface area contributed by atoms with E-state index in [0.717, 1.165) is 45.2 Å². The van der Waals surface area contributed by atoms with Gasteiger partial charge >= 0.3 is 0 Å². The highest BCUT2D eigenvalue weighted by Gasteiger charge is 2.26. The van der Waals surface area contributed by atoms with E-state index in [2.05, 4.69) is 37.3 Å². The normalized spacial score (nSPS) is 18.0. The smallest absolute Gasteiger partial charge is 0.239 e. The summed E-state index contributed by atoms with van der Waals surface area (Å²) in [5.74, 6) is 0.733. The summed E-state index contributed by atoms with van der Waals surface area (Å²) < 4.78 is 0. The summed E-state index contributed by atoms with van der Waals surface area (Å²) >= 11 is 0. The molecule has 1 heterocycles. The van der Waals surface area contributed by atoms with Crippen LogP contribution in [0.15, 0.2) is 30.3 Å². The maximum atomic E-state index is 12.2. The molecule has 3 nitrogen and oxygen atoms in total. The fraction of sp³-hybridized carbons (Fsp3) is 0.588. The summed E-state index contributed by atoms with van der Waals surface area (Å²) in [6.45, 7) is 3.82. The SMILES string of the molecule is CCCC[C@H](N)C(=O)N1CCC(c2ccccc2)CC1. The fourth-order valence-electron chi connectivity index (χ4n) is 2.94. The van der Waals surface area contributed by atoms with E-state index in [-0.39, 0.29) is 11.9 Å². The average molecular weight is 274 g/mol. The van der Waals surface area contributed by atoms with Gasteiger partial charge in [0.2, 0.25) is 5.91 Å². The number of amides is 1. The standard InChI is InChI=1S/C17H26N2O/c1-2-3-9-16(18)17(20)19-12-10-15(11-13-19)14-7-5-4-6-8-14/h4-8,15-16H,2-3,9-13,18H2,1H3/t16-/m0/s1. The number of nitrogens with two attached hydrogens (primary N) is 1. The lowest BCUT2D eigenvalue weighted by Crippen LogP contribution is -2.46. The van der Waals surface area contributed by atoms with Crippen molar-refractivity contribution in [1.82, 2.24) is 4.90 Å². The molecule has 0 unspecified atom stereocenters. The largest absolute Gasteiger partial charge is 0.341 e. The third-order valence-corrected chi connectivity index (χ3v) is 4.26. The zero-order valence-corrected chi connectivity index (χ0v) is 12.4. The second-order valence-corrected chi connectivity index (χ2v) is 5.76. The molecular weight excluding hydrogens is 248 g/mol. The molecule has 0 spiro atoms.